The number of carbonyl (C=O) groups is 1. The van der Waals surface area contributed by atoms with Crippen molar-refractivity contribution in [3.05, 3.63) is 58.6 Å². The molecule has 0 atom stereocenters. The topological polar surface area (TPSA) is 99.0 Å². The molecule has 0 unspecified atom stereocenters. The molecule has 3 aromatic heterocycles. The van der Waals surface area contributed by atoms with E-state index in [1.165, 1.54) is 23.2 Å². The van der Waals surface area contributed by atoms with Crippen LogP contribution in [0.3, 0.4) is 0 Å². The standard InChI is InChI=1S/C16H15N5O3S/c22-14(10-21-11-17-6-5-16(21)23)18-7-8-24-15-4-3-12(19-20-15)13-2-1-9-25-13/h1-6,9,11H,7-8,10H2,(H,18,22). The smallest absolute Gasteiger partial charge is 0.253 e. The van der Waals surface area contributed by atoms with Crippen molar-refractivity contribution in [2.75, 3.05) is 13.2 Å². The van der Waals surface area contributed by atoms with Gasteiger partial charge in [0.25, 0.3) is 5.56 Å². The monoisotopic (exact) mass is 357 g/mol. The number of ether oxygens (including phenoxy) is 1. The van der Waals surface area contributed by atoms with Crippen LogP contribution in [-0.2, 0) is 11.3 Å². The number of aromatic nitrogens is 4. The Bertz CT molecular complexity index is 877. The molecule has 0 bridgehead atoms. The van der Waals surface area contributed by atoms with Crippen LogP contribution in [0.5, 0.6) is 5.88 Å². The van der Waals surface area contributed by atoms with Crippen LogP contribution in [0.25, 0.3) is 10.6 Å². The molecule has 0 radical (unpaired) electrons. The summed E-state index contributed by atoms with van der Waals surface area (Å²) >= 11 is 1.59. The van der Waals surface area contributed by atoms with Gasteiger partial charge in [0.05, 0.1) is 17.7 Å². The molecule has 0 aliphatic rings. The SMILES string of the molecule is O=C(Cn1cnccc1=O)NCCOc1ccc(-c2cccs2)nn1. The highest BCUT2D eigenvalue weighted by molar-refractivity contribution is 7.13. The zero-order chi connectivity index (χ0) is 17.5. The van der Waals surface area contributed by atoms with Crippen molar-refractivity contribution in [1.29, 1.82) is 0 Å². The third kappa shape index (κ3) is 4.70. The van der Waals surface area contributed by atoms with E-state index in [2.05, 4.69) is 20.5 Å². The average Bonchev–Trinajstić information content (AvgIpc) is 3.16. The number of nitrogens with one attached hydrogen (secondary N) is 1. The van der Waals surface area contributed by atoms with Gasteiger partial charge in [-0.2, -0.15) is 0 Å². The first kappa shape index (κ1) is 16.8. The van der Waals surface area contributed by atoms with Crippen molar-refractivity contribution in [3.8, 4) is 16.5 Å². The Morgan fingerprint density at radius 1 is 1.24 bits per heavy atom. The van der Waals surface area contributed by atoms with Crippen LogP contribution in [0.2, 0.25) is 0 Å². The quantitative estimate of drug-likeness (QED) is 0.632. The maximum absolute atomic E-state index is 11.8. The zero-order valence-corrected chi connectivity index (χ0v) is 14.0. The summed E-state index contributed by atoms with van der Waals surface area (Å²) in [4.78, 5) is 28.1. The van der Waals surface area contributed by atoms with Crippen molar-refractivity contribution in [3.63, 3.8) is 0 Å². The largest absolute Gasteiger partial charge is 0.475 e. The van der Waals surface area contributed by atoms with Crippen molar-refractivity contribution < 1.29 is 9.53 Å². The molecule has 9 heteroatoms. The number of hydrogen-bond donors (Lipinski definition) is 1. The average molecular weight is 357 g/mol. The summed E-state index contributed by atoms with van der Waals surface area (Å²) in [7, 11) is 0. The second kappa shape index (κ2) is 8.15. The molecule has 0 spiro atoms. The fraction of sp³-hybridized carbons (Fsp3) is 0.188. The molecule has 3 heterocycles. The molecule has 0 saturated heterocycles. The van der Waals surface area contributed by atoms with Crippen LogP contribution in [0.4, 0.5) is 0 Å². The van der Waals surface area contributed by atoms with E-state index in [9.17, 15) is 9.59 Å². The molecule has 128 valence electrons. The number of nitrogens with zero attached hydrogens (tertiary/aromatic N) is 4. The van der Waals surface area contributed by atoms with Gasteiger partial charge in [-0.3, -0.25) is 14.2 Å². The Morgan fingerprint density at radius 2 is 2.16 bits per heavy atom. The van der Waals surface area contributed by atoms with Gasteiger partial charge >= 0.3 is 0 Å². The van der Waals surface area contributed by atoms with E-state index in [1.54, 1.807) is 17.4 Å². The van der Waals surface area contributed by atoms with Crippen molar-refractivity contribution in [2.45, 2.75) is 6.54 Å². The van der Waals surface area contributed by atoms with Gasteiger partial charge < -0.3 is 10.1 Å². The summed E-state index contributed by atoms with van der Waals surface area (Å²) in [6.45, 7) is 0.463. The van der Waals surface area contributed by atoms with Gasteiger partial charge in [-0.15, -0.1) is 21.5 Å². The normalized spacial score (nSPS) is 10.4. The predicted octanol–water partition coefficient (Wildman–Crippen LogP) is 0.957. The lowest BCUT2D eigenvalue weighted by atomic mass is 10.3. The van der Waals surface area contributed by atoms with Crippen molar-refractivity contribution >= 4 is 17.2 Å². The summed E-state index contributed by atoms with van der Waals surface area (Å²) in [6.07, 6.45) is 2.71. The fourth-order valence-corrected chi connectivity index (χ4v) is 2.70. The highest BCUT2D eigenvalue weighted by atomic mass is 32.1. The van der Waals surface area contributed by atoms with E-state index < -0.39 is 0 Å². The fourth-order valence-electron chi connectivity index (χ4n) is 2.01. The number of hydrogen-bond acceptors (Lipinski definition) is 7. The third-order valence-corrected chi connectivity index (χ3v) is 4.09. The highest BCUT2D eigenvalue weighted by Gasteiger charge is 2.05. The minimum atomic E-state index is -0.294. The number of amides is 1. The molecule has 3 rings (SSSR count). The molecule has 1 amide bonds. The van der Waals surface area contributed by atoms with E-state index in [1.807, 2.05) is 23.6 Å². The van der Waals surface area contributed by atoms with Crippen LogP contribution in [0.1, 0.15) is 0 Å². The second-order valence-electron chi connectivity index (χ2n) is 4.98. The lowest BCUT2D eigenvalue weighted by Gasteiger charge is -2.08. The maximum Gasteiger partial charge on any atom is 0.253 e. The van der Waals surface area contributed by atoms with E-state index in [0.717, 1.165) is 10.6 Å². The molecular formula is C16H15N5O3S. The van der Waals surface area contributed by atoms with E-state index in [4.69, 9.17) is 4.74 Å². The first-order chi connectivity index (χ1) is 12.2. The molecule has 0 aromatic carbocycles. The number of rotatable bonds is 7. The van der Waals surface area contributed by atoms with E-state index >= 15 is 0 Å². The molecule has 0 saturated carbocycles. The molecule has 0 aliphatic heterocycles. The molecular weight excluding hydrogens is 342 g/mol. The van der Waals surface area contributed by atoms with Crippen LogP contribution < -0.4 is 15.6 Å². The van der Waals surface area contributed by atoms with Crippen LogP contribution in [-0.4, -0.2) is 38.8 Å². The van der Waals surface area contributed by atoms with E-state index in [-0.39, 0.29) is 24.6 Å². The number of thiophene rings is 1. The van der Waals surface area contributed by atoms with E-state index in [0.29, 0.717) is 12.4 Å². The Morgan fingerprint density at radius 3 is 2.88 bits per heavy atom. The van der Waals surface area contributed by atoms with Gasteiger partial charge in [-0.1, -0.05) is 6.07 Å². The highest BCUT2D eigenvalue weighted by Crippen LogP contribution is 2.22. The van der Waals surface area contributed by atoms with Gasteiger partial charge in [-0.25, -0.2) is 4.98 Å². The van der Waals surface area contributed by atoms with Crippen LogP contribution in [0.15, 0.2) is 53.0 Å². The summed E-state index contributed by atoms with van der Waals surface area (Å²) in [5.41, 5.74) is 0.514. The summed E-state index contributed by atoms with van der Waals surface area (Å²) in [6, 6.07) is 8.79. The molecule has 0 fully saturated rings. The minimum Gasteiger partial charge on any atom is -0.475 e. The number of carbonyl (C=O) groups excluding carboxylic acids is 1. The summed E-state index contributed by atoms with van der Waals surface area (Å²) < 4.78 is 6.66. The van der Waals surface area contributed by atoms with Crippen molar-refractivity contribution in [1.82, 2.24) is 25.1 Å². The predicted molar refractivity (Wildman–Crippen MR) is 92.3 cm³/mol. The Labute approximate surface area is 147 Å². The Kier molecular flexibility index (Phi) is 5.47. The van der Waals surface area contributed by atoms with Crippen LogP contribution >= 0.6 is 11.3 Å². The van der Waals surface area contributed by atoms with Crippen LogP contribution in [0, 0.1) is 0 Å². The first-order valence-corrected chi connectivity index (χ1v) is 8.38. The Balaban J connectivity index is 1.42. The molecule has 1 N–H and O–H groups in total. The summed E-state index contributed by atoms with van der Waals surface area (Å²) in [5, 5.41) is 12.7. The molecule has 8 nitrogen and oxygen atoms in total. The molecule has 3 aromatic rings. The summed E-state index contributed by atoms with van der Waals surface area (Å²) in [5.74, 6) is 0.0934. The minimum absolute atomic E-state index is 0.0814. The Hall–Kier alpha value is -3.07. The second-order valence-corrected chi connectivity index (χ2v) is 5.93. The van der Waals surface area contributed by atoms with Gasteiger partial charge in [0.2, 0.25) is 11.8 Å². The van der Waals surface area contributed by atoms with Gasteiger partial charge in [0.15, 0.2) is 0 Å². The van der Waals surface area contributed by atoms with Gasteiger partial charge in [0.1, 0.15) is 18.8 Å². The molecule has 25 heavy (non-hydrogen) atoms. The maximum atomic E-state index is 11.8. The lowest BCUT2D eigenvalue weighted by Crippen LogP contribution is -2.34. The first-order valence-electron chi connectivity index (χ1n) is 7.50. The van der Waals surface area contributed by atoms with Crippen molar-refractivity contribution in [2.24, 2.45) is 0 Å². The third-order valence-electron chi connectivity index (χ3n) is 3.19. The van der Waals surface area contributed by atoms with Gasteiger partial charge in [-0.05, 0) is 17.5 Å². The molecule has 0 aliphatic carbocycles. The lowest BCUT2D eigenvalue weighted by molar-refractivity contribution is -0.121. The van der Waals surface area contributed by atoms with Gasteiger partial charge in [0, 0.05) is 18.3 Å². The zero-order valence-electron chi connectivity index (χ0n) is 13.2.